The molecule has 0 N–H and O–H groups in total. The van der Waals surface area contributed by atoms with Crippen LogP contribution in [-0.2, 0) is 4.79 Å². The lowest BCUT2D eigenvalue weighted by molar-refractivity contribution is -0.118. The van der Waals surface area contributed by atoms with E-state index in [1.54, 1.807) is 0 Å². The molecule has 1 rings (SSSR count). The van der Waals surface area contributed by atoms with Crippen molar-refractivity contribution in [3.05, 3.63) is 29.3 Å². The Morgan fingerprint density at radius 1 is 1.25 bits per heavy atom. The summed E-state index contributed by atoms with van der Waals surface area (Å²) in [5.41, 5.74) is 2.51. The second kappa shape index (κ2) is 6.31. The Hall–Kier alpha value is -1.31. The third-order valence-electron chi connectivity index (χ3n) is 2.74. The first-order valence-corrected chi connectivity index (χ1v) is 5.85. The van der Waals surface area contributed by atoms with E-state index in [1.807, 2.05) is 19.1 Å². The fourth-order valence-electron chi connectivity index (χ4n) is 1.44. The van der Waals surface area contributed by atoms with Gasteiger partial charge in [0.15, 0.2) is 0 Å². The second-order valence-electron chi connectivity index (χ2n) is 4.09. The molecule has 2 heteroatoms. The van der Waals surface area contributed by atoms with Gasteiger partial charge in [0.05, 0.1) is 6.61 Å². The first-order chi connectivity index (χ1) is 7.63. The van der Waals surface area contributed by atoms with Crippen LogP contribution in [0.4, 0.5) is 0 Å². The number of carbonyl (C=O) groups is 1. The molecule has 0 amide bonds. The van der Waals surface area contributed by atoms with Gasteiger partial charge < -0.3 is 4.74 Å². The highest BCUT2D eigenvalue weighted by Gasteiger charge is 2.00. The van der Waals surface area contributed by atoms with Crippen LogP contribution in [0, 0.1) is 13.8 Å². The highest BCUT2D eigenvalue weighted by atomic mass is 16.5. The van der Waals surface area contributed by atoms with E-state index in [0.717, 1.165) is 12.2 Å². The summed E-state index contributed by atoms with van der Waals surface area (Å²) in [5.74, 6) is 1.20. The summed E-state index contributed by atoms with van der Waals surface area (Å²) in [7, 11) is 0. The van der Waals surface area contributed by atoms with Crippen LogP contribution in [0.1, 0.15) is 37.3 Å². The number of ketones is 1. The Bertz CT molecular complexity index is 356. The summed E-state index contributed by atoms with van der Waals surface area (Å²) in [6.45, 7) is 6.67. The topological polar surface area (TPSA) is 26.3 Å². The molecule has 2 nitrogen and oxygen atoms in total. The van der Waals surface area contributed by atoms with Crippen molar-refractivity contribution in [2.45, 2.75) is 40.0 Å². The van der Waals surface area contributed by atoms with E-state index in [2.05, 4.69) is 19.9 Å². The van der Waals surface area contributed by atoms with Gasteiger partial charge in [-0.05, 0) is 43.5 Å². The van der Waals surface area contributed by atoms with Gasteiger partial charge in [0.1, 0.15) is 11.5 Å². The molecule has 0 aliphatic heterocycles. The lowest BCUT2D eigenvalue weighted by Crippen LogP contribution is -2.02. The highest BCUT2D eigenvalue weighted by molar-refractivity contribution is 5.77. The average molecular weight is 220 g/mol. The number of hydrogen-bond donors (Lipinski definition) is 0. The van der Waals surface area contributed by atoms with E-state index >= 15 is 0 Å². The van der Waals surface area contributed by atoms with Crippen LogP contribution in [0.25, 0.3) is 0 Å². The minimum atomic E-state index is 0.309. The third kappa shape index (κ3) is 4.05. The van der Waals surface area contributed by atoms with Gasteiger partial charge in [0, 0.05) is 12.8 Å². The van der Waals surface area contributed by atoms with Gasteiger partial charge in [-0.1, -0.05) is 13.0 Å². The van der Waals surface area contributed by atoms with E-state index in [0.29, 0.717) is 25.2 Å². The SMILES string of the molecule is CCC(=O)CCCOc1ccc(C)c(C)c1. The molecule has 0 aromatic heterocycles. The van der Waals surface area contributed by atoms with Crippen LogP contribution < -0.4 is 4.74 Å². The van der Waals surface area contributed by atoms with Crippen molar-refractivity contribution in [2.24, 2.45) is 0 Å². The molecule has 16 heavy (non-hydrogen) atoms. The summed E-state index contributed by atoms with van der Waals surface area (Å²) in [6.07, 6.45) is 2.06. The van der Waals surface area contributed by atoms with E-state index < -0.39 is 0 Å². The van der Waals surface area contributed by atoms with Crippen molar-refractivity contribution in [3.63, 3.8) is 0 Å². The van der Waals surface area contributed by atoms with Gasteiger partial charge in [0.2, 0.25) is 0 Å². The molecular weight excluding hydrogens is 200 g/mol. The van der Waals surface area contributed by atoms with Crippen molar-refractivity contribution in [1.29, 1.82) is 0 Å². The first kappa shape index (κ1) is 12.8. The van der Waals surface area contributed by atoms with Gasteiger partial charge in [-0.25, -0.2) is 0 Å². The molecule has 0 atom stereocenters. The molecule has 0 aliphatic carbocycles. The minimum absolute atomic E-state index is 0.309. The zero-order valence-corrected chi connectivity index (χ0v) is 10.4. The lowest BCUT2D eigenvalue weighted by Gasteiger charge is -2.07. The van der Waals surface area contributed by atoms with Crippen molar-refractivity contribution in [3.8, 4) is 5.75 Å². The minimum Gasteiger partial charge on any atom is -0.494 e. The number of benzene rings is 1. The summed E-state index contributed by atoms with van der Waals surface area (Å²) >= 11 is 0. The molecule has 0 saturated carbocycles. The van der Waals surface area contributed by atoms with Crippen molar-refractivity contribution >= 4 is 5.78 Å². The summed E-state index contributed by atoms with van der Waals surface area (Å²) in [6, 6.07) is 6.07. The number of ether oxygens (including phenoxy) is 1. The van der Waals surface area contributed by atoms with Crippen molar-refractivity contribution < 1.29 is 9.53 Å². The number of hydrogen-bond acceptors (Lipinski definition) is 2. The molecule has 0 saturated heterocycles. The monoisotopic (exact) mass is 220 g/mol. The van der Waals surface area contributed by atoms with Gasteiger partial charge >= 0.3 is 0 Å². The van der Waals surface area contributed by atoms with Gasteiger partial charge in [-0.2, -0.15) is 0 Å². The molecule has 0 bridgehead atoms. The summed E-state index contributed by atoms with van der Waals surface area (Å²) in [4.78, 5) is 11.1. The second-order valence-corrected chi connectivity index (χ2v) is 4.09. The predicted molar refractivity (Wildman–Crippen MR) is 65.9 cm³/mol. The third-order valence-corrected chi connectivity index (χ3v) is 2.74. The van der Waals surface area contributed by atoms with Crippen LogP contribution in [-0.4, -0.2) is 12.4 Å². The largest absolute Gasteiger partial charge is 0.494 e. The highest BCUT2D eigenvalue weighted by Crippen LogP contribution is 2.16. The Balaban J connectivity index is 2.32. The van der Waals surface area contributed by atoms with Crippen LogP contribution in [0.5, 0.6) is 5.75 Å². The molecule has 1 aromatic rings. The Labute approximate surface area is 97.6 Å². The molecule has 0 fully saturated rings. The van der Waals surface area contributed by atoms with Crippen LogP contribution in [0.15, 0.2) is 18.2 Å². The zero-order valence-electron chi connectivity index (χ0n) is 10.4. The molecule has 88 valence electrons. The summed E-state index contributed by atoms with van der Waals surface area (Å²) < 4.78 is 5.58. The van der Waals surface area contributed by atoms with E-state index in [-0.39, 0.29) is 0 Å². The number of rotatable bonds is 6. The zero-order chi connectivity index (χ0) is 12.0. The quantitative estimate of drug-likeness (QED) is 0.686. The van der Waals surface area contributed by atoms with Crippen LogP contribution in [0.3, 0.4) is 0 Å². The lowest BCUT2D eigenvalue weighted by atomic mass is 10.1. The molecule has 0 spiro atoms. The Morgan fingerprint density at radius 3 is 2.62 bits per heavy atom. The molecule has 0 unspecified atom stereocenters. The van der Waals surface area contributed by atoms with Crippen LogP contribution >= 0.6 is 0 Å². The van der Waals surface area contributed by atoms with Gasteiger partial charge in [0.25, 0.3) is 0 Å². The molecular formula is C14H20O2. The Morgan fingerprint density at radius 2 is 2.00 bits per heavy atom. The fraction of sp³-hybridized carbons (Fsp3) is 0.500. The summed E-state index contributed by atoms with van der Waals surface area (Å²) in [5, 5.41) is 0. The molecule has 0 heterocycles. The van der Waals surface area contributed by atoms with Gasteiger partial charge in [-0.3, -0.25) is 4.79 Å². The number of carbonyl (C=O) groups excluding carboxylic acids is 1. The van der Waals surface area contributed by atoms with Crippen molar-refractivity contribution in [2.75, 3.05) is 6.61 Å². The van der Waals surface area contributed by atoms with Gasteiger partial charge in [-0.15, -0.1) is 0 Å². The standard InChI is InChI=1S/C14H20O2/c1-4-13(15)6-5-9-16-14-8-7-11(2)12(3)10-14/h7-8,10H,4-6,9H2,1-3H3. The van der Waals surface area contributed by atoms with E-state index in [1.165, 1.54) is 11.1 Å². The maximum absolute atomic E-state index is 11.1. The number of Topliss-reactive ketones (excluding diaryl/α,β-unsaturated/α-hetero) is 1. The first-order valence-electron chi connectivity index (χ1n) is 5.85. The normalized spacial score (nSPS) is 10.2. The maximum atomic E-state index is 11.1. The van der Waals surface area contributed by atoms with E-state index in [4.69, 9.17) is 4.74 Å². The number of aryl methyl sites for hydroxylation is 2. The maximum Gasteiger partial charge on any atom is 0.132 e. The van der Waals surface area contributed by atoms with Crippen LogP contribution in [0.2, 0.25) is 0 Å². The molecule has 1 aromatic carbocycles. The fourth-order valence-corrected chi connectivity index (χ4v) is 1.44. The van der Waals surface area contributed by atoms with Crippen molar-refractivity contribution in [1.82, 2.24) is 0 Å². The average Bonchev–Trinajstić information content (AvgIpc) is 2.28. The predicted octanol–water partition coefficient (Wildman–Crippen LogP) is 3.44. The Kier molecular flexibility index (Phi) is 5.03. The van der Waals surface area contributed by atoms with E-state index in [9.17, 15) is 4.79 Å². The molecule has 0 radical (unpaired) electrons. The smallest absolute Gasteiger partial charge is 0.132 e. The molecule has 0 aliphatic rings.